The smallest absolute Gasteiger partial charge is 0.226 e. The first kappa shape index (κ1) is 12.6. The summed E-state index contributed by atoms with van der Waals surface area (Å²) in [6.07, 6.45) is 1.56. The summed E-state index contributed by atoms with van der Waals surface area (Å²) in [5, 5.41) is -0.0660. The highest BCUT2D eigenvalue weighted by molar-refractivity contribution is 7.90. The van der Waals surface area contributed by atoms with Crippen LogP contribution in [0.2, 0.25) is 0 Å². The van der Waals surface area contributed by atoms with E-state index in [9.17, 15) is 8.42 Å². The molecule has 0 aliphatic carbocycles. The number of nitrogen functional groups attached to an aromatic ring is 1. The molecule has 2 heterocycles. The first-order valence-electron chi connectivity index (χ1n) is 5.92. The number of rotatable bonds is 3. The molecule has 0 aliphatic rings. The Morgan fingerprint density at radius 1 is 1.20 bits per heavy atom. The van der Waals surface area contributed by atoms with Gasteiger partial charge < -0.3 is 10.7 Å². The van der Waals surface area contributed by atoms with Crippen molar-refractivity contribution in [2.24, 2.45) is 0 Å². The van der Waals surface area contributed by atoms with Crippen molar-refractivity contribution in [3.63, 3.8) is 0 Å². The second-order valence-corrected chi connectivity index (χ2v) is 6.30. The molecule has 3 aromatic rings. The van der Waals surface area contributed by atoms with Gasteiger partial charge in [0.1, 0.15) is 5.75 Å². The third kappa shape index (κ3) is 2.35. The number of nitrogens with two attached hydrogens (primary N) is 1. The molecule has 0 unspecified atom stereocenters. The van der Waals surface area contributed by atoms with Crippen LogP contribution in [0.1, 0.15) is 5.69 Å². The van der Waals surface area contributed by atoms with E-state index in [2.05, 4.69) is 15.0 Å². The molecule has 0 spiro atoms. The van der Waals surface area contributed by atoms with Gasteiger partial charge in [-0.1, -0.05) is 6.07 Å². The van der Waals surface area contributed by atoms with Gasteiger partial charge in [0.2, 0.25) is 15.0 Å². The molecule has 0 saturated heterocycles. The van der Waals surface area contributed by atoms with Crippen LogP contribution in [0, 0.1) is 0 Å². The lowest BCUT2D eigenvalue weighted by molar-refractivity contribution is 0.588. The number of hydrogen-bond donors (Lipinski definition) is 2. The van der Waals surface area contributed by atoms with Gasteiger partial charge in [-0.15, -0.1) is 0 Å². The highest BCUT2D eigenvalue weighted by Gasteiger charge is 2.20. The summed E-state index contributed by atoms with van der Waals surface area (Å²) >= 11 is 0. The van der Waals surface area contributed by atoms with Crippen molar-refractivity contribution in [2.45, 2.75) is 10.9 Å². The maximum atomic E-state index is 12.3. The summed E-state index contributed by atoms with van der Waals surface area (Å²) in [6, 6.07) is 10.2. The van der Waals surface area contributed by atoms with E-state index in [1.54, 1.807) is 42.6 Å². The lowest BCUT2D eigenvalue weighted by Crippen LogP contribution is -2.07. The first-order chi connectivity index (χ1) is 9.54. The first-order valence-corrected chi connectivity index (χ1v) is 7.58. The van der Waals surface area contributed by atoms with Crippen molar-refractivity contribution >= 4 is 26.6 Å². The van der Waals surface area contributed by atoms with E-state index >= 15 is 0 Å². The predicted molar refractivity (Wildman–Crippen MR) is 75.6 cm³/mol. The Balaban J connectivity index is 2.01. The Morgan fingerprint density at radius 3 is 2.80 bits per heavy atom. The minimum Gasteiger partial charge on any atom is -0.399 e. The largest absolute Gasteiger partial charge is 0.399 e. The van der Waals surface area contributed by atoms with Crippen LogP contribution in [0.5, 0.6) is 0 Å². The molecule has 1 aromatic carbocycles. The zero-order valence-electron chi connectivity index (χ0n) is 10.4. The monoisotopic (exact) mass is 288 g/mol. The normalized spacial score (nSPS) is 11.8. The third-order valence-electron chi connectivity index (χ3n) is 2.84. The number of sulfone groups is 1. The van der Waals surface area contributed by atoms with Crippen molar-refractivity contribution < 1.29 is 8.42 Å². The summed E-state index contributed by atoms with van der Waals surface area (Å²) in [5.74, 6) is -0.191. The van der Waals surface area contributed by atoms with E-state index < -0.39 is 9.84 Å². The number of imidazole rings is 1. The molecular weight excluding hydrogens is 276 g/mol. The van der Waals surface area contributed by atoms with Gasteiger partial charge in [0.25, 0.3) is 0 Å². The summed E-state index contributed by atoms with van der Waals surface area (Å²) in [4.78, 5) is 10.9. The summed E-state index contributed by atoms with van der Waals surface area (Å²) in [5.41, 5.74) is 7.86. The van der Waals surface area contributed by atoms with E-state index in [-0.39, 0.29) is 10.9 Å². The molecule has 0 saturated carbocycles. The minimum absolute atomic E-state index is 0.0660. The van der Waals surface area contributed by atoms with Crippen LogP contribution in [-0.2, 0) is 15.6 Å². The standard InChI is InChI=1S/C13H12N4O2S/c14-9-4-5-11-12(7-9)17-13(16-11)20(18,19)8-10-3-1-2-6-15-10/h1-7H,8,14H2,(H,16,17). The number of aromatic nitrogens is 3. The Kier molecular flexibility index (Phi) is 2.90. The molecule has 20 heavy (non-hydrogen) atoms. The fourth-order valence-electron chi connectivity index (χ4n) is 1.90. The van der Waals surface area contributed by atoms with Gasteiger partial charge in [0.05, 0.1) is 16.7 Å². The zero-order chi connectivity index (χ0) is 14.2. The molecule has 6 nitrogen and oxygen atoms in total. The summed E-state index contributed by atoms with van der Waals surface area (Å²) in [7, 11) is -3.56. The van der Waals surface area contributed by atoms with Crippen molar-refractivity contribution in [1.82, 2.24) is 15.0 Å². The van der Waals surface area contributed by atoms with Crippen LogP contribution >= 0.6 is 0 Å². The van der Waals surface area contributed by atoms with Crippen LogP contribution in [0.15, 0.2) is 47.8 Å². The van der Waals surface area contributed by atoms with Gasteiger partial charge in [0.15, 0.2) is 0 Å². The Morgan fingerprint density at radius 2 is 2.05 bits per heavy atom. The van der Waals surface area contributed by atoms with Crippen LogP contribution in [-0.4, -0.2) is 23.4 Å². The Hall–Kier alpha value is -2.41. The van der Waals surface area contributed by atoms with Gasteiger partial charge in [-0.3, -0.25) is 4.98 Å². The van der Waals surface area contributed by atoms with Crippen molar-refractivity contribution in [2.75, 3.05) is 5.73 Å². The molecular formula is C13H12N4O2S. The molecule has 3 rings (SSSR count). The molecule has 7 heteroatoms. The number of anilines is 1. The number of nitrogens with zero attached hydrogens (tertiary/aromatic N) is 2. The highest BCUT2D eigenvalue weighted by Crippen LogP contribution is 2.19. The molecule has 0 bridgehead atoms. The second kappa shape index (κ2) is 4.61. The average Bonchev–Trinajstić information content (AvgIpc) is 2.83. The Bertz CT molecular complexity index is 856. The average molecular weight is 288 g/mol. The number of H-pyrrole nitrogens is 1. The van der Waals surface area contributed by atoms with Crippen LogP contribution in [0.4, 0.5) is 5.69 Å². The minimum atomic E-state index is -3.56. The van der Waals surface area contributed by atoms with Crippen LogP contribution in [0.3, 0.4) is 0 Å². The number of aromatic amines is 1. The van der Waals surface area contributed by atoms with E-state index in [1.165, 1.54) is 0 Å². The van der Waals surface area contributed by atoms with Crippen molar-refractivity contribution in [1.29, 1.82) is 0 Å². The van der Waals surface area contributed by atoms with Gasteiger partial charge >= 0.3 is 0 Å². The fourth-order valence-corrected chi connectivity index (χ4v) is 3.10. The third-order valence-corrected chi connectivity index (χ3v) is 4.30. The van der Waals surface area contributed by atoms with Crippen molar-refractivity contribution in [3.05, 3.63) is 48.3 Å². The van der Waals surface area contributed by atoms with Gasteiger partial charge in [-0.25, -0.2) is 13.4 Å². The zero-order valence-corrected chi connectivity index (χ0v) is 11.3. The summed E-state index contributed by atoms with van der Waals surface area (Å²) in [6.45, 7) is 0. The topological polar surface area (TPSA) is 102 Å². The molecule has 0 amide bonds. The summed E-state index contributed by atoms with van der Waals surface area (Å²) < 4.78 is 24.6. The van der Waals surface area contributed by atoms with Gasteiger partial charge in [-0.2, -0.15) is 0 Å². The number of nitrogens with one attached hydrogen (secondary N) is 1. The van der Waals surface area contributed by atoms with Crippen LogP contribution < -0.4 is 5.73 Å². The van der Waals surface area contributed by atoms with Gasteiger partial charge in [0, 0.05) is 11.9 Å². The SMILES string of the molecule is Nc1ccc2nc(S(=O)(=O)Cc3ccccn3)[nH]c2c1. The lowest BCUT2D eigenvalue weighted by Gasteiger charge is -1.99. The van der Waals surface area contributed by atoms with E-state index in [1.807, 2.05) is 0 Å². The molecule has 0 fully saturated rings. The number of hydrogen-bond acceptors (Lipinski definition) is 5. The molecule has 102 valence electrons. The molecule has 0 aliphatic heterocycles. The maximum absolute atomic E-state index is 12.3. The second-order valence-electron chi connectivity index (χ2n) is 4.40. The quantitative estimate of drug-likeness (QED) is 0.711. The Labute approximate surface area is 115 Å². The molecule has 3 N–H and O–H groups in total. The van der Waals surface area contributed by atoms with E-state index in [0.29, 0.717) is 22.4 Å². The van der Waals surface area contributed by atoms with Gasteiger partial charge in [-0.05, 0) is 30.3 Å². The predicted octanol–water partition coefficient (Wildman–Crippen LogP) is 1.51. The van der Waals surface area contributed by atoms with Crippen molar-refractivity contribution in [3.8, 4) is 0 Å². The number of benzene rings is 1. The van der Waals surface area contributed by atoms with Crippen LogP contribution in [0.25, 0.3) is 11.0 Å². The maximum Gasteiger partial charge on any atom is 0.226 e. The molecule has 0 radical (unpaired) electrons. The fraction of sp³-hybridized carbons (Fsp3) is 0.0769. The molecule has 2 aromatic heterocycles. The highest BCUT2D eigenvalue weighted by atomic mass is 32.2. The van der Waals surface area contributed by atoms with E-state index in [4.69, 9.17) is 5.73 Å². The van der Waals surface area contributed by atoms with E-state index in [0.717, 1.165) is 0 Å². The number of fused-ring (bicyclic) bond motifs is 1. The molecule has 0 atom stereocenters. The lowest BCUT2D eigenvalue weighted by atomic mass is 10.3. The number of pyridine rings is 1.